The average molecular weight is 446 g/mol. The van der Waals surface area contributed by atoms with Gasteiger partial charge in [-0.1, -0.05) is 0 Å². The van der Waals surface area contributed by atoms with Crippen LogP contribution in [0.25, 0.3) is 11.0 Å². The summed E-state index contributed by atoms with van der Waals surface area (Å²) in [5.41, 5.74) is 0.164. The van der Waals surface area contributed by atoms with Gasteiger partial charge in [0.2, 0.25) is 15.9 Å². The van der Waals surface area contributed by atoms with Gasteiger partial charge in [0.15, 0.2) is 0 Å². The van der Waals surface area contributed by atoms with Gasteiger partial charge >= 0.3 is 11.6 Å². The number of carbonyl (C=O) groups is 2. The molecule has 0 atom stereocenters. The molecule has 0 unspecified atom stereocenters. The van der Waals surface area contributed by atoms with Crippen molar-refractivity contribution in [3.63, 3.8) is 0 Å². The molecule has 0 radical (unpaired) electrons. The first-order valence-corrected chi connectivity index (χ1v) is 10.4. The van der Waals surface area contributed by atoms with Crippen LogP contribution in [0.3, 0.4) is 0 Å². The smallest absolute Gasteiger partial charge is 0.342 e. The number of fused-ring (bicyclic) bond motifs is 1. The summed E-state index contributed by atoms with van der Waals surface area (Å²) >= 11 is 0. The van der Waals surface area contributed by atoms with Crippen LogP contribution in [0.4, 0.5) is 5.69 Å². The lowest BCUT2D eigenvalue weighted by molar-refractivity contribution is -0.114. The monoisotopic (exact) mass is 446 g/mol. The number of hydrogen-bond acceptors (Lipinski definition) is 8. The van der Waals surface area contributed by atoms with Crippen molar-refractivity contribution < 1.29 is 31.9 Å². The number of ether oxygens (including phenoxy) is 2. The first kappa shape index (κ1) is 22.0. The number of amides is 1. The first-order valence-electron chi connectivity index (χ1n) is 8.81. The summed E-state index contributed by atoms with van der Waals surface area (Å²) in [5.74, 6) is -1.07. The Morgan fingerprint density at radius 1 is 1.13 bits per heavy atom. The van der Waals surface area contributed by atoms with Crippen LogP contribution in [0, 0.1) is 0 Å². The van der Waals surface area contributed by atoms with Crippen molar-refractivity contribution in [2.24, 2.45) is 5.14 Å². The Morgan fingerprint density at radius 2 is 1.87 bits per heavy atom. The van der Waals surface area contributed by atoms with Crippen LogP contribution in [0.2, 0.25) is 0 Å². The molecule has 31 heavy (non-hydrogen) atoms. The van der Waals surface area contributed by atoms with Crippen LogP contribution < -0.4 is 20.8 Å². The minimum Gasteiger partial charge on any atom is -0.496 e. The zero-order valence-electron chi connectivity index (χ0n) is 16.5. The number of nitrogens with two attached hydrogens (primary N) is 1. The number of carbonyl (C=O) groups excluding carboxylic acids is 2. The molecule has 1 amide bonds. The molecule has 11 heteroatoms. The van der Waals surface area contributed by atoms with E-state index in [1.54, 1.807) is 12.1 Å². The minimum atomic E-state index is -4.05. The third-order valence-electron chi connectivity index (χ3n) is 4.23. The summed E-state index contributed by atoms with van der Waals surface area (Å²) < 4.78 is 38.7. The summed E-state index contributed by atoms with van der Waals surface area (Å²) in [6.07, 6.45) is 0. The lowest BCUT2D eigenvalue weighted by Crippen LogP contribution is -2.14. The van der Waals surface area contributed by atoms with Gasteiger partial charge in [-0.2, -0.15) is 0 Å². The van der Waals surface area contributed by atoms with Crippen molar-refractivity contribution in [3.8, 4) is 5.75 Å². The van der Waals surface area contributed by atoms with Crippen molar-refractivity contribution in [2.45, 2.75) is 18.4 Å². The number of hydrogen-bond donors (Lipinski definition) is 2. The van der Waals surface area contributed by atoms with E-state index in [9.17, 15) is 22.8 Å². The molecule has 2 aromatic carbocycles. The predicted octanol–water partition coefficient (Wildman–Crippen LogP) is 1.76. The maximum absolute atomic E-state index is 12.6. The maximum Gasteiger partial charge on any atom is 0.342 e. The highest BCUT2D eigenvalue weighted by atomic mass is 32.2. The topological polar surface area (TPSA) is 155 Å². The molecule has 0 saturated heterocycles. The summed E-state index contributed by atoms with van der Waals surface area (Å²) in [6, 6.07) is 9.39. The van der Waals surface area contributed by atoms with Gasteiger partial charge in [-0.3, -0.25) is 4.79 Å². The lowest BCUT2D eigenvalue weighted by Gasteiger charge is -2.11. The fraction of sp³-hybridized carbons (Fsp3) is 0.150. The lowest BCUT2D eigenvalue weighted by atomic mass is 10.1. The third-order valence-corrected chi connectivity index (χ3v) is 5.14. The van der Waals surface area contributed by atoms with E-state index in [0.717, 1.165) is 6.07 Å². The molecule has 10 nitrogen and oxygen atoms in total. The van der Waals surface area contributed by atoms with Gasteiger partial charge in [0.05, 0.1) is 12.0 Å². The summed E-state index contributed by atoms with van der Waals surface area (Å²) in [5, 5.41) is 8.18. The normalized spacial score (nSPS) is 11.2. The van der Waals surface area contributed by atoms with E-state index in [1.165, 1.54) is 38.3 Å². The Morgan fingerprint density at radius 3 is 2.52 bits per heavy atom. The number of esters is 1. The van der Waals surface area contributed by atoms with E-state index < -0.39 is 21.6 Å². The average Bonchev–Trinajstić information content (AvgIpc) is 2.69. The van der Waals surface area contributed by atoms with Gasteiger partial charge in [-0.05, 0) is 30.3 Å². The second kappa shape index (κ2) is 8.58. The fourth-order valence-electron chi connectivity index (χ4n) is 2.87. The molecular formula is C20H18N2O8S. The molecule has 3 N–H and O–H groups in total. The first-order chi connectivity index (χ1) is 14.6. The third kappa shape index (κ3) is 5.08. The molecule has 0 aliphatic carbocycles. The Bertz CT molecular complexity index is 1350. The van der Waals surface area contributed by atoms with Gasteiger partial charge in [-0.15, -0.1) is 0 Å². The van der Waals surface area contributed by atoms with Crippen LogP contribution >= 0.6 is 0 Å². The number of methoxy groups -OCH3 is 1. The summed E-state index contributed by atoms with van der Waals surface area (Å²) in [4.78, 5) is 35.4. The van der Waals surface area contributed by atoms with Crippen LogP contribution in [0.5, 0.6) is 5.75 Å². The van der Waals surface area contributed by atoms with E-state index in [0.29, 0.717) is 16.6 Å². The van der Waals surface area contributed by atoms with Crippen molar-refractivity contribution >= 4 is 38.6 Å². The molecule has 0 fully saturated rings. The van der Waals surface area contributed by atoms with Gasteiger partial charge in [0.25, 0.3) is 0 Å². The molecule has 1 heterocycles. The standard InChI is InChI=1S/C20H18N2O8S/c1-11(23)22-13-3-5-15-12(7-19(24)30-18(15)8-13)10-29-20(25)16-9-14(31(21,26)27)4-6-17(16)28-2/h3-9H,10H2,1-2H3,(H,22,23)(H2,21,26,27). The zero-order chi connectivity index (χ0) is 22.8. The van der Waals surface area contributed by atoms with Gasteiger partial charge in [0, 0.05) is 35.7 Å². The Kier molecular flexibility index (Phi) is 6.09. The molecule has 162 valence electrons. The van der Waals surface area contributed by atoms with Crippen LogP contribution in [0.15, 0.2) is 56.6 Å². The predicted molar refractivity (Wildman–Crippen MR) is 110 cm³/mol. The quantitative estimate of drug-likeness (QED) is 0.429. The Hall–Kier alpha value is -3.70. The number of benzene rings is 2. The van der Waals surface area contributed by atoms with E-state index in [1.807, 2.05) is 0 Å². The Labute approximate surface area is 176 Å². The van der Waals surface area contributed by atoms with E-state index in [-0.39, 0.29) is 34.3 Å². The molecular weight excluding hydrogens is 428 g/mol. The van der Waals surface area contributed by atoms with Crippen molar-refractivity contribution in [3.05, 3.63) is 64.0 Å². The van der Waals surface area contributed by atoms with Crippen molar-refractivity contribution in [2.75, 3.05) is 12.4 Å². The highest BCUT2D eigenvalue weighted by Crippen LogP contribution is 2.25. The molecule has 0 aliphatic rings. The summed E-state index contributed by atoms with van der Waals surface area (Å²) in [6.45, 7) is 1.04. The Balaban J connectivity index is 1.91. The zero-order valence-corrected chi connectivity index (χ0v) is 17.3. The number of sulfonamides is 1. The molecule has 1 aromatic heterocycles. The maximum atomic E-state index is 12.6. The van der Waals surface area contributed by atoms with Gasteiger partial charge in [-0.25, -0.2) is 23.1 Å². The SMILES string of the molecule is COc1ccc(S(N)(=O)=O)cc1C(=O)OCc1cc(=O)oc2cc(NC(C)=O)ccc12. The fourth-order valence-corrected chi connectivity index (χ4v) is 3.41. The number of primary sulfonamides is 1. The van der Waals surface area contributed by atoms with Crippen LogP contribution in [-0.4, -0.2) is 27.4 Å². The second-order valence-electron chi connectivity index (χ2n) is 6.47. The van der Waals surface area contributed by atoms with Gasteiger partial charge in [0.1, 0.15) is 23.5 Å². The van der Waals surface area contributed by atoms with Crippen LogP contribution in [0.1, 0.15) is 22.8 Å². The van der Waals surface area contributed by atoms with Crippen molar-refractivity contribution in [1.82, 2.24) is 0 Å². The largest absolute Gasteiger partial charge is 0.496 e. The molecule has 0 spiro atoms. The van der Waals surface area contributed by atoms with E-state index in [2.05, 4.69) is 5.32 Å². The number of anilines is 1. The summed E-state index contributed by atoms with van der Waals surface area (Å²) in [7, 11) is -2.73. The minimum absolute atomic E-state index is 0.0924. The van der Waals surface area contributed by atoms with E-state index in [4.69, 9.17) is 19.0 Å². The highest BCUT2D eigenvalue weighted by Gasteiger charge is 2.19. The highest BCUT2D eigenvalue weighted by molar-refractivity contribution is 7.89. The molecule has 0 saturated carbocycles. The van der Waals surface area contributed by atoms with Gasteiger partial charge < -0.3 is 19.2 Å². The molecule has 0 bridgehead atoms. The second-order valence-corrected chi connectivity index (χ2v) is 8.03. The molecule has 0 aliphatic heterocycles. The molecule has 3 rings (SSSR count). The van der Waals surface area contributed by atoms with E-state index >= 15 is 0 Å². The number of rotatable bonds is 6. The molecule has 3 aromatic rings. The van der Waals surface area contributed by atoms with Crippen molar-refractivity contribution in [1.29, 1.82) is 0 Å². The van der Waals surface area contributed by atoms with Crippen LogP contribution in [-0.2, 0) is 26.2 Å². The number of nitrogens with one attached hydrogen (secondary N) is 1.